The third-order valence-electron chi connectivity index (χ3n) is 4.11. The standard InChI is InChI=1S/C20H15Cl3F3N3O3S/c1-3-11(21)7-17(18(27)19(30)14-6-12(22)9-28-10(14)2)29-33(31,32)13-4-5-16(23)15(8-13)20(24,25)26/h3-9,29H,1,27H2,2H3/b11-7+,18-17+. The normalized spacial score (nSPS) is 13.4. The molecule has 0 saturated carbocycles. The third kappa shape index (κ3) is 6.50. The molecule has 0 bridgehead atoms. The molecule has 33 heavy (non-hydrogen) atoms. The van der Waals surface area contributed by atoms with Gasteiger partial charge in [-0.15, -0.1) is 0 Å². The summed E-state index contributed by atoms with van der Waals surface area (Å²) in [6.07, 6.45) is -1.50. The number of carbonyl (C=O) groups excluding carboxylic acids is 1. The molecule has 13 heteroatoms. The van der Waals surface area contributed by atoms with E-state index in [4.69, 9.17) is 40.5 Å². The van der Waals surface area contributed by atoms with Gasteiger partial charge in [-0.25, -0.2) is 8.42 Å². The van der Waals surface area contributed by atoms with Crippen LogP contribution < -0.4 is 10.5 Å². The topological polar surface area (TPSA) is 102 Å². The van der Waals surface area contributed by atoms with Gasteiger partial charge in [0.05, 0.1) is 26.2 Å². The molecule has 1 aromatic carbocycles. The van der Waals surface area contributed by atoms with E-state index in [9.17, 15) is 26.4 Å². The average molecular weight is 541 g/mol. The van der Waals surface area contributed by atoms with Gasteiger partial charge in [0.1, 0.15) is 5.70 Å². The summed E-state index contributed by atoms with van der Waals surface area (Å²) >= 11 is 17.3. The number of pyridine rings is 1. The molecule has 1 aromatic heterocycles. The van der Waals surface area contributed by atoms with E-state index in [1.54, 1.807) is 0 Å². The Kier molecular flexibility index (Phi) is 8.23. The summed E-state index contributed by atoms with van der Waals surface area (Å²) in [5, 5.41) is -0.679. The molecular weight excluding hydrogens is 526 g/mol. The van der Waals surface area contributed by atoms with Crippen LogP contribution in [0.2, 0.25) is 10.0 Å². The zero-order chi connectivity index (χ0) is 25.1. The minimum absolute atomic E-state index is 0.0225. The molecule has 0 aliphatic rings. The van der Waals surface area contributed by atoms with Crippen LogP contribution in [0.5, 0.6) is 0 Å². The van der Waals surface area contributed by atoms with Gasteiger partial charge in [0.25, 0.3) is 10.0 Å². The van der Waals surface area contributed by atoms with Crippen LogP contribution in [0.4, 0.5) is 13.2 Å². The quantitative estimate of drug-likeness (QED) is 0.280. The molecule has 0 amide bonds. The Morgan fingerprint density at radius 2 is 1.88 bits per heavy atom. The lowest BCUT2D eigenvalue weighted by Gasteiger charge is -2.15. The van der Waals surface area contributed by atoms with Crippen molar-refractivity contribution in [2.24, 2.45) is 5.73 Å². The van der Waals surface area contributed by atoms with Gasteiger partial charge >= 0.3 is 6.18 Å². The number of benzene rings is 1. The fourth-order valence-electron chi connectivity index (χ4n) is 2.46. The second-order valence-electron chi connectivity index (χ2n) is 6.42. The average Bonchev–Trinajstić information content (AvgIpc) is 2.72. The molecule has 0 saturated heterocycles. The number of carbonyl (C=O) groups is 1. The molecule has 176 valence electrons. The largest absolute Gasteiger partial charge is 0.417 e. The van der Waals surface area contributed by atoms with Crippen molar-refractivity contribution in [2.75, 3.05) is 0 Å². The molecule has 0 radical (unpaired) electrons. The van der Waals surface area contributed by atoms with Crippen molar-refractivity contribution in [3.05, 3.63) is 92.5 Å². The molecule has 0 spiro atoms. The third-order valence-corrected chi connectivity index (χ3v) is 6.27. The van der Waals surface area contributed by atoms with E-state index in [0.717, 1.165) is 24.3 Å². The van der Waals surface area contributed by atoms with Crippen LogP contribution in [-0.4, -0.2) is 19.2 Å². The monoisotopic (exact) mass is 539 g/mol. The highest BCUT2D eigenvalue weighted by molar-refractivity contribution is 7.89. The Hall–Kier alpha value is -2.53. The maximum atomic E-state index is 13.2. The molecule has 3 N–H and O–H groups in total. The Morgan fingerprint density at radius 3 is 2.45 bits per heavy atom. The number of hydrogen-bond donors (Lipinski definition) is 2. The van der Waals surface area contributed by atoms with Crippen LogP contribution in [-0.2, 0) is 16.2 Å². The highest BCUT2D eigenvalue weighted by atomic mass is 35.5. The number of nitrogens with zero attached hydrogens (tertiary/aromatic N) is 1. The summed E-state index contributed by atoms with van der Waals surface area (Å²) in [5.41, 5.74) is 3.66. The Labute approximate surface area is 202 Å². The van der Waals surface area contributed by atoms with Gasteiger partial charge in [0, 0.05) is 22.5 Å². The Morgan fingerprint density at radius 1 is 1.24 bits per heavy atom. The second kappa shape index (κ2) is 10.2. The van der Waals surface area contributed by atoms with Gasteiger partial charge in [-0.05, 0) is 37.3 Å². The number of rotatable bonds is 7. The summed E-state index contributed by atoms with van der Waals surface area (Å²) in [6.45, 7) is 4.91. The lowest BCUT2D eigenvalue weighted by Crippen LogP contribution is -2.28. The van der Waals surface area contributed by atoms with Gasteiger partial charge < -0.3 is 5.73 Å². The fourth-order valence-corrected chi connectivity index (χ4v) is 4.04. The van der Waals surface area contributed by atoms with Gasteiger partial charge in [0.2, 0.25) is 5.78 Å². The summed E-state index contributed by atoms with van der Waals surface area (Å²) in [4.78, 5) is 16.1. The van der Waals surface area contributed by atoms with Crippen LogP contribution in [0.15, 0.2) is 70.5 Å². The smallest absolute Gasteiger partial charge is 0.394 e. The molecule has 2 rings (SSSR count). The van der Waals surface area contributed by atoms with E-state index in [1.165, 1.54) is 19.2 Å². The first-order chi connectivity index (χ1) is 15.2. The van der Waals surface area contributed by atoms with E-state index in [0.29, 0.717) is 6.07 Å². The first kappa shape index (κ1) is 26.7. The Bertz CT molecular complexity index is 1290. The van der Waals surface area contributed by atoms with E-state index in [1.807, 2.05) is 4.72 Å². The number of nitrogens with two attached hydrogens (primary N) is 1. The molecule has 0 atom stereocenters. The number of ketones is 1. The minimum atomic E-state index is -4.90. The van der Waals surface area contributed by atoms with E-state index in [-0.39, 0.29) is 21.3 Å². The number of allylic oxidation sites excluding steroid dienone is 4. The SMILES string of the molecule is C=C/C(Cl)=C\C(NS(=O)(=O)c1ccc(Cl)c(C(F)(F)F)c1)=C(/N)C(=O)c1cc(Cl)cnc1C. The van der Waals surface area contributed by atoms with Crippen molar-refractivity contribution in [2.45, 2.75) is 18.0 Å². The van der Waals surface area contributed by atoms with Crippen LogP contribution in [0, 0.1) is 6.92 Å². The maximum absolute atomic E-state index is 13.2. The first-order valence-corrected chi connectivity index (χ1v) is 11.3. The van der Waals surface area contributed by atoms with Gasteiger partial charge in [0.15, 0.2) is 0 Å². The molecular formula is C20H15Cl3F3N3O3S. The molecule has 0 aliphatic carbocycles. The summed E-state index contributed by atoms with van der Waals surface area (Å²) in [5.74, 6) is -0.850. The van der Waals surface area contributed by atoms with Crippen molar-refractivity contribution in [1.29, 1.82) is 0 Å². The van der Waals surface area contributed by atoms with Crippen LogP contribution in [0.25, 0.3) is 0 Å². The number of sulfonamides is 1. The van der Waals surface area contributed by atoms with E-state index < -0.39 is 48.9 Å². The van der Waals surface area contributed by atoms with Crippen LogP contribution >= 0.6 is 34.8 Å². The molecule has 6 nitrogen and oxygen atoms in total. The van der Waals surface area contributed by atoms with Crippen molar-refractivity contribution >= 4 is 50.6 Å². The highest BCUT2D eigenvalue weighted by Gasteiger charge is 2.34. The molecule has 1 heterocycles. The number of Topliss-reactive ketones (excluding diaryl/α,β-unsaturated/α-hetero) is 1. The van der Waals surface area contributed by atoms with Gasteiger partial charge in [-0.1, -0.05) is 47.5 Å². The summed E-state index contributed by atoms with van der Waals surface area (Å²) < 4.78 is 67.1. The number of halogens is 6. The molecule has 0 aliphatic heterocycles. The van der Waals surface area contributed by atoms with Crippen molar-refractivity contribution in [1.82, 2.24) is 9.71 Å². The lowest BCUT2D eigenvalue weighted by molar-refractivity contribution is -0.137. The van der Waals surface area contributed by atoms with Crippen molar-refractivity contribution in [3.63, 3.8) is 0 Å². The van der Waals surface area contributed by atoms with Crippen molar-refractivity contribution in [3.8, 4) is 0 Å². The number of alkyl halides is 3. The summed E-state index contributed by atoms with van der Waals surface area (Å²) in [6, 6.07) is 3.27. The summed E-state index contributed by atoms with van der Waals surface area (Å²) in [7, 11) is -4.67. The number of aromatic nitrogens is 1. The molecule has 0 unspecified atom stereocenters. The minimum Gasteiger partial charge on any atom is -0.394 e. The second-order valence-corrected chi connectivity index (χ2v) is 9.38. The predicted octanol–water partition coefficient (Wildman–Crippen LogP) is 5.36. The lowest BCUT2D eigenvalue weighted by atomic mass is 10.1. The maximum Gasteiger partial charge on any atom is 0.417 e. The van der Waals surface area contributed by atoms with Gasteiger partial charge in [-0.3, -0.25) is 14.5 Å². The highest BCUT2D eigenvalue weighted by Crippen LogP contribution is 2.36. The number of nitrogens with one attached hydrogen (secondary N) is 1. The van der Waals surface area contributed by atoms with E-state index >= 15 is 0 Å². The fraction of sp³-hybridized carbons (Fsp3) is 0.100. The van der Waals surface area contributed by atoms with Crippen LogP contribution in [0.1, 0.15) is 21.6 Å². The van der Waals surface area contributed by atoms with E-state index in [2.05, 4.69) is 11.6 Å². The number of aryl methyl sites for hydroxylation is 1. The number of hydrogen-bond acceptors (Lipinski definition) is 5. The molecule has 0 fully saturated rings. The van der Waals surface area contributed by atoms with Crippen LogP contribution in [0.3, 0.4) is 0 Å². The molecule has 2 aromatic rings. The first-order valence-electron chi connectivity index (χ1n) is 8.73. The van der Waals surface area contributed by atoms with Crippen molar-refractivity contribution < 1.29 is 26.4 Å². The van der Waals surface area contributed by atoms with Gasteiger partial charge in [-0.2, -0.15) is 13.2 Å². The Balaban J connectivity index is 2.63. The zero-order valence-corrected chi connectivity index (χ0v) is 19.8. The zero-order valence-electron chi connectivity index (χ0n) is 16.7. The predicted molar refractivity (Wildman–Crippen MR) is 120 cm³/mol.